The third kappa shape index (κ3) is 3.47. The van der Waals surface area contributed by atoms with Crippen LogP contribution >= 0.6 is 0 Å². The third-order valence-corrected chi connectivity index (χ3v) is 3.87. The number of nitrogens with zero attached hydrogens (tertiary/aromatic N) is 1. The Morgan fingerprint density at radius 2 is 2.00 bits per heavy atom. The van der Waals surface area contributed by atoms with Crippen LogP contribution in [-0.4, -0.2) is 32.1 Å². The largest absolute Gasteiger partial charge is 0.497 e. The van der Waals surface area contributed by atoms with Crippen LogP contribution in [0.25, 0.3) is 0 Å². The highest BCUT2D eigenvalue weighted by Crippen LogP contribution is 2.38. The van der Waals surface area contributed by atoms with Crippen molar-refractivity contribution in [2.75, 3.05) is 27.2 Å². The predicted molar refractivity (Wildman–Crippen MR) is 74.7 cm³/mol. The zero-order chi connectivity index (χ0) is 13.1. The molecular weight excluding hydrogens is 224 g/mol. The number of methoxy groups -OCH3 is 1. The van der Waals surface area contributed by atoms with Gasteiger partial charge in [0.2, 0.25) is 0 Å². The molecule has 3 heteroatoms. The van der Waals surface area contributed by atoms with Crippen LogP contribution in [0.5, 0.6) is 5.75 Å². The molecule has 0 spiro atoms. The summed E-state index contributed by atoms with van der Waals surface area (Å²) in [4.78, 5) is 2.35. The zero-order valence-electron chi connectivity index (χ0n) is 11.6. The lowest BCUT2D eigenvalue weighted by molar-refractivity contribution is 0.296. The van der Waals surface area contributed by atoms with Crippen LogP contribution in [0.2, 0.25) is 0 Å². The Morgan fingerprint density at radius 1 is 1.39 bits per heavy atom. The van der Waals surface area contributed by atoms with E-state index in [4.69, 9.17) is 10.5 Å². The van der Waals surface area contributed by atoms with Crippen LogP contribution in [0.4, 0.5) is 0 Å². The van der Waals surface area contributed by atoms with Crippen LogP contribution in [0.3, 0.4) is 0 Å². The summed E-state index contributed by atoms with van der Waals surface area (Å²) in [6.45, 7) is 4.41. The van der Waals surface area contributed by atoms with Gasteiger partial charge >= 0.3 is 0 Å². The van der Waals surface area contributed by atoms with E-state index in [2.05, 4.69) is 31.0 Å². The average molecular weight is 248 g/mol. The minimum Gasteiger partial charge on any atom is -0.497 e. The Kier molecular flexibility index (Phi) is 4.25. The second kappa shape index (κ2) is 5.72. The molecule has 3 unspecified atom stereocenters. The van der Waals surface area contributed by atoms with E-state index in [1.54, 1.807) is 7.11 Å². The van der Waals surface area contributed by atoms with Crippen LogP contribution < -0.4 is 10.5 Å². The van der Waals surface area contributed by atoms with E-state index in [1.807, 2.05) is 12.1 Å². The van der Waals surface area contributed by atoms with E-state index < -0.39 is 0 Å². The highest BCUT2D eigenvalue weighted by Gasteiger charge is 2.33. The fraction of sp³-hybridized carbons (Fsp3) is 0.600. The van der Waals surface area contributed by atoms with Gasteiger partial charge in [-0.2, -0.15) is 0 Å². The predicted octanol–water partition coefficient (Wildman–Crippen LogP) is 2.28. The van der Waals surface area contributed by atoms with Gasteiger partial charge in [-0.25, -0.2) is 0 Å². The first-order valence-electron chi connectivity index (χ1n) is 6.68. The maximum Gasteiger partial charge on any atom is 0.118 e. The number of benzene rings is 1. The fourth-order valence-electron chi connectivity index (χ4n) is 2.42. The number of likely N-dealkylation sites (N-methyl/N-ethyl adjacent to an activating group) is 1. The quantitative estimate of drug-likeness (QED) is 0.839. The van der Waals surface area contributed by atoms with Gasteiger partial charge in [-0.3, -0.25) is 0 Å². The molecule has 1 fully saturated rings. The number of ether oxygens (including phenoxy) is 1. The van der Waals surface area contributed by atoms with E-state index >= 15 is 0 Å². The Balaban J connectivity index is 1.83. The summed E-state index contributed by atoms with van der Waals surface area (Å²) >= 11 is 0. The van der Waals surface area contributed by atoms with Crippen LogP contribution in [0.1, 0.15) is 24.9 Å². The second-order valence-corrected chi connectivity index (χ2v) is 5.57. The molecule has 0 radical (unpaired) electrons. The summed E-state index contributed by atoms with van der Waals surface area (Å²) in [5.74, 6) is 2.67. The summed E-state index contributed by atoms with van der Waals surface area (Å²) < 4.78 is 5.15. The Bertz CT molecular complexity index is 377. The second-order valence-electron chi connectivity index (χ2n) is 5.57. The number of rotatable bonds is 6. The molecule has 0 saturated heterocycles. The minimum atomic E-state index is 0.0787. The standard InChI is InChI=1S/C15H24N2O/c1-11-8-13(11)9-17(2)10-15(16)12-4-6-14(18-3)7-5-12/h4-7,11,13,15H,8-10,16H2,1-3H3. The molecule has 1 aliphatic rings. The Hall–Kier alpha value is -1.06. The highest BCUT2D eigenvalue weighted by atomic mass is 16.5. The van der Waals surface area contributed by atoms with E-state index in [9.17, 15) is 0 Å². The minimum absolute atomic E-state index is 0.0787. The van der Waals surface area contributed by atoms with Crippen molar-refractivity contribution in [2.45, 2.75) is 19.4 Å². The highest BCUT2D eigenvalue weighted by molar-refractivity contribution is 5.29. The van der Waals surface area contributed by atoms with Gasteiger partial charge in [0.05, 0.1) is 7.11 Å². The average Bonchev–Trinajstić information content (AvgIpc) is 3.04. The van der Waals surface area contributed by atoms with E-state index in [-0.39, 0.29) is 6.04 Å². The molecule has 0 heterocycles. The van der Waals surface area contributed by atoms with Crippen molar-refractivity contribution in [3.8, 4) is 5.75 Å². The molecule has 18 heavy (non-hydrogen) atoms. The maximum atomic E-state index is 6.24. The van der Waals surface area contributed by atoms with Crippen molar-refractivity contribution in [3.63, 3.8) is 0 Å². The Labute approximate surface area is 110 Å². The molecular formula is C15H24N2O. The van der Waals surface area contributed by atoms with Gasteiger partial charge in [0.1, 0.15) is 5.75 Å². The zero-order valence-corrected chi connectivity index (χ0v) is 11.6. The molecule has 1 aromatic rings. The molecule has 100 valence electrons. The summed E-state index contributed by atoms with van der Waals surface area (Å²) in [6, 6.07) is 8.12. The van der Waals surface area contributed by atoms with Crippen molar-refractivity contribution < 1.29 is 4.74 Å². The molecule has 0 aliphatic heterocycles. The molecule has 2 N–H and O–H groups in total. The molecule has 3 atom stereocenters. The van der Waals surface area contributed by atoms with Gasteiger partial charge in [-0.15, -0.1) is 0 Å². The van der Waals surface area contributed by atoms with Crippen molar-refractivity contribution in [1.29, 1.82) is 0 Å². The Morgan fingerprint density at radius 3 is 2.50 bits per heavy atom. The number of hydrogen-bond acceptors (Lipinski definition) is 3. The van der Waals surface area contributed by atoms with Gasteiger partial charge in [0.25, 0.3) is 0 Å². The van der Waals surface area contributed by atoms with Crippen LogP contribution in [0, 0.1) is 11.8 Å². The van der Waals surface area contributed by atoms with E-state index in [1.165, 1.54) is 18.5 Å². The lowest BCUT2D eigenvalue weighted by Gasteiger charge is -2.21. The first-order chi connectivity index (χ1) is 8.60. The molecule has 1 saturated carbocycles. The molecule has 0 amide bonds. The van der Waals surface area contributed by atoms with E-state index in [0.717, 1.165) is 24.1 Å². The number of nitrogens with two attached hydrogens (primary N) is 1. The van der Waals surface area contributed by atoms with Crippen LogP contribution in [0.15, 0.2) is 24.3 Å². The smallest absolute Gasteiger partial charge is 0.118 e. The van der Waals surface area contributed by atoms with Gasteiger partial charge in [0, 0.05) is 19.1 Å². The lowest BCUT2D eigenvalue weighted by Crippen LogP contribution is -2.30. The van der Waals surface area contributed by atoms with Gasteiger partial charge in [0.15, 0.2) is 0 Å². The topological polar surface area (TPSA) is 38.5 Å². The van der Waals surface area contributed by atoms with Crippen molar-refractivity contribution >= 4 is 0 Å². The third-order valence-electron chi connectivity index (χ3n) is 3.87. The fourth-order valence-corrected chi connectivity index (χ4v) is 2.42. The normalized spacial score (nSPS) is 24.1. The van der Waals surface area contributed by atoms with E-state index in [0.29, 0.717) is 0 Å². The van der Waals surface area contributed by atoms with Crippen molar-refractivity contribution in [3.05, 3.63) is 29.8 Å². The summed E-state index contributed by atoms with van der Waals surface area (Å²) in [6.07, 6.45) is 1.38. The summed E-state index contributed by atoms with van der Waals surface area (Å²) in [5.41, 5.74) is 7.41. The molecule has 1 aliphatic carbocycles. The summed E-state index contributed by atoms with van der Waals surface area (Å²) in [7, 11) is 3.84. The van der Waals surface area contributed by atoms with Gasteiger partial charge in [-0.1, -0.05) is 19.1 Å². The van der Waals surface area contributed by atoms with Gasteiger partial charge in [-0.05, 0) is 43.0 Å². The van der Waals surface area contributed by atoms with Crippen molar-refractivity contribution in [2.24, 2.45) is 17.6 Å². The molecule has 3 nitrogen and oxygen atoms in total. The van der Waals surface area contributed by atoms with Crippen molar-refractivity contribution in [1.82, 2.24) is 4.90 Å². The van der Waals surface area contributed by atoms with Crippen LogP contribution in [-0.2, 0) is 0 Å². The summed E-state index contributed by atoms with van der Waals surface area (Å²) in [5, 5.41) is 0. The monoisotopic (exact) mass is 248 g/mol. The van der Waals surface area contributed by atoms with Gasteiger partial charge < -0.3 is 15.4 Å². The first-order valence-corrected chi connectivity index (χ1v) is 6.68. The molecule has 2 rings (SSSR count). The molecule has 0 aromatic heterocycles. The SMILES string of the molecule is COc1ccc(C(N)CN(C)CC2CC2C)cc1. The molecule has 0 bridgehead atoms. The number of hydrogen-bond donors (Lipinski definition) is 1. The molecule has 1 aromatic carbocycles. The first kappa shape index (κ1) is 13.4. The maximum absolute atomic E-state index is 6.24. The lowest BCUT2D eigenvalue weighted by atomic mass is 10.1.